The van der Waals surface area contributed by atoms with Gasteiger partial charge in [0, 0.05) is 43.2 Å². The van der Waals surface area contributed by atoms with Crippen LogP contribution in [0.3, 0.4) is 0 Å². The van der Waals surface area contributed by atoms with Crippen LogP contribution in [0.15, 0.2) is 30.5 Å². The summed E-state index contributed by atoms with van der Waals surface area (Å²) < 4.78 is 38.8. The van der Waals surface area contributed by atoms with Crippen molar-refractivity contribution in [3.05, 3.63) is 42.1 Å². The Labute approximate surface area is 185 Å². The van der Waals surface area contributed by atoms with Crippen LogP contribution in [0.5, 0.6) is 5.75 Å². The van der Waals surface area contributed by atoms with Crippen LogP contribution in [-0.4, -0.2) is 43.2 Å². The molecule has 32 heavy (non-hydrogen) atoms. The number of ether oxygens (including phenoxy) is 2. The monoisotopic (exact) mass is 447 g/mol. The van der Waals surface area contributed by atoms with Gasteiger partial charge in [-0.15, -0.1) is 0 Å². The lowest BCUT2D eigenvalue weighted by Gasteiger charge is -2.28. The van der Waals surface area contributed by atoms with Gasteiger partial charge in [-0.3, -0.25) is 9.59 Å². The van der Waals surface area contributed by atoms with Crippen LogP contribution < -0.4 is 15.4 Å². The first-order valence-electron chi connectivity index (χ1n) is 10.5. The van der Waals surface area contributed by atoms with Crippen molar-refractivity contribution >= 4 is 17.6 Å². The molecule has 1 aromatic heterocycles. The van der Waals surface area contributed by atoms with E-state index in [1.54, 1.807) is 0 Å². The van der Waals surface area contributed by atoms with E-state index in [0.29, 0.717) is 18.4 Å². The van der Waals surface area contributed by atoms with Crippen molar-refractivity contribution in [3.63, 3.8) is 0 Å². The maximum atomic E-state index is 14.6. The van der Waals surface area contributed by atoms with E-state index in [4.69, 9.17) is 9.47 Å². The van der Waals surface area contributed by atoms with E-state index in [0.717, 1.165) is 19.0 Å². The molecule has 1 aliphatic carbocycles. The molecule has 3 rings (SSSR count). The number of hydrogen-bond acceptors (Lipinski definition) is 5. The Balaban J connectivity index is 1.78. The Kier molecular flexibility index (Phi) is 8.10. The molecule has 7 nitrogen and oxygen atoms in total. The van der Waals surface area contributed by atoms with Crippen LogP contribution in [0.4, 0.5) is 14.6 Å². The molecule has 0 bridgehead atoms. The van der Waals surface area contributed by atoms with Crippen LogP contribution in [-0.2, 0) is 14.3 Å². The third-order valence-electron chi connectivity index (χ3n) is 5.34. The lowest BCUT2D eigenvalue weighted by atomic mass is 9.85. The molecule has 2 amide bonds. The summed E-state index contributed by atoms with van der Waals surface area (Å²) in [7, 11) is 1.51. The average Bonchev–Trinajstić information content (AvgIpc) is 2.75. The van der Waals surface area contributed by atoms with Gasteiger partial charge in [0.05, 0.1) is 12.8 Å². The van der Waals surface area contributed by atoms with E-state index >= 15 is 0 Å². The number of hydrogen-bond donors (Lipinski definition) is 2. The molecule has 0 spiro atoms. The molecule has 2 N–H and O–H groups in total. The van der Waals surface area contributed by atoms with Gasteiger partial charge in [0.25, 0.3) is 0 Å². The number of anilines is 1. The number of pyridine rings is 1. The summed E-state index contributed by atoms with van der Waals surface area (Å²) in [6.07, 6.45) is 3.90. The first-order chi connectivity index (χ1) is 15.4. The number of carbonyl (C=O) groups is 2. The average molecular weight is 447 g/mol. The number of nitrogens with zero attached hydrogens (tertiary/aromatic N) is 1. The smallest absolute Gasteiger partial charge is 0.228 e. The summed E-state index contributed by atoms with van der Waals surface area (Å²) >= 11 is 0. The van der Waals surface area contributed by atoms with Crippen molar-refractivity contribution in [1.82, 2.24) is 10.3 Å². The largest absolute Gasteiger partial charge is 0.490 e. The SMILES string of the molecule is COCCOc1cc(F)ccc1-c1cc(NC(=O)[C@H]2CCCC(NC(C)=O)C2)ncc1F. The van der Waals surface area contributed by atoms with Crippen molar-refractivity contribution in [2.75, 3.05) is 25.6 Å². The summed E-state index contributed by atoms with van der Waals surface area (Å²) in [6.45, 7) is 1.91. The van der Waals surface area contributed by atoms with Gasteiger partial charge in [-0.05, 0) is 37.5 Å². The molecule has 2 aromatic rings. The van der Waals surface area contributed by atoms with Gasteiger partial charge in [-0.2, -0.15) is 0 Å². The van der Waals surface area contributed by atoms with E-state index < -0.39 is 11.6 Å². The number of rotatable bonds is 8. The fourth-order valence-electron chi connectivity index (χ4n) is 3.86. The van der Waals surface area contributed by atoms with Crippen molar-refractivity contribution in [1.29, 1.82) is 0 Å². The Bertz CT molecular complexity index is 970. The standard InChI is InChI=1S/C23H27F2N3O4/c1-14(29)27-17-5-3-4-15(10-17)23(30)28-22-12-19(20(25)13-26-22)18-7-6-16(24)11-21(18)32-9-8-31-2/h6-7,11-13,15,17H,3-5,8-10H2,1-2H3,(H,27,29)(H,26,28,30)/t15-,17?/m0/s1. The number of aromatic nitrogens is 1. The Hall–Kier alpha value is -3.07. The zero-order valence-electron chi connectivity index (χ0n) is 18.1. The molecule has 1 aliphatic rings. The quantitative estimate of drug-likeness (QED) is 0.603. The Morgan fingerprint density at radius 2 is 1.97 bits per heavy atom. The second-order valence-electron chi connectivity index (χ2n) is 7.78. The minimum Gasteiger partial charge on any atom is -0.490 e. The van der Waals surface area contributed by atoms with E-state index in [9.17, 15) is 18.4 Å². The van der Waals surface area contributed by atoms with E-state index in [1.807, 2.05) is 0 Å². The number of amides is 2. The van der Waals surface area contributed by atoms with E-state index in [1.165, 1.54) is 38.3 Å². The summed E-state index contributed by atoms with van der Waals surface area (Å²) in [6, 6.07) is 5.16. The molecule has 1 unspecified atom stereocenters. The molecule has 2 atom stereocenters. The molecule has 1 heterocycles. The number of halogens is 2. The van der Waals surface area contributed by atoms with Gasteiger partial charge in [0.15, 0.2) is 0 Å². The molecule has 1 fully saturated rings. The summed E-state index contributed by atoms with van der Waals surface area (Å²) in [5, 5.41) is 5.60. The third-order valence-corrected chi connectivity index (χ3v) is 5.34. The predicted molar refractivity (Wildman–Crippen MR) is 115 cm³/mol. The van der Waals surface area contributed by atoms with Gasteiger partial charge >= 0.3 is 0 Å². The van der Waals surface area contributed by atoms with Gasteiger partial charge in [-0.25, -0.2) is 13.8 Å². The molecule has 0 saturated heterocycles. The lowest BCUT2D eigenvalue weighted by molar-refractivity contribution is -0.123. The van der Waals surface area contributed by atoms with Gasteiger partial charge < -0.3 is 20.1 Å². The van der Waals surface area contributed by atoms with Crippen LogP contribution in [0, 0.1) is 17.6 Å². The summed E-state index contributed by atoms with van der Waals surface area (Å²) in [5.74, 6) is -1.45. The second-order valence-corrected chi connectivity index (χ2v) is 7.78. The Morgan fingerprint density at radius 3 is 2.72 bits per heavy atom. The van der Waals surface area contributed by atoms with Gasteiger partial charge in [-0.1, -0.05) is 6.42 Å². The number of methoxy groups -OCH3 is 1. The zero-order chi connectivity index (χ0) is 23.1. The molecule has 0 radical (unpaired) electrons. The topological polar surface area (TPSA) is 89.5 Å². The zero-order valence-corrected chi connectivity index (χ0v) is 18.1. The maximum absolute atomic E-state index is 14.6. The minimum absolute atomic E-state index is 0.0419. The van der Waals surface area contributed by atoms with E-state index in [2.05, 4.69) is 15.6 Å². The van der Waals surface area contributed by atoms with Crippen molar-refractivity contribution < 1.29 is 27.8 Å². The fraction of sp³-hybridized carbons (Fsp3) is 0.435. The first-order valence-corrected chi connectivity index (χ1v) is 10.5. The van der Waals surface area contributed by atoms with Gasteiger partial charge in [0.1, 0.15) is 29.8 Å². The number of carbonyl (C=O) groups excluding carboxylic acids is 2. The highest BCUT2D eigenvalue weighted by Crippen LogP contribution is 2.34. The van der Waals surface area contributed by atoms with Gasteiger partial charge in [0.2, 0.25) is 11.8 Å². The maximum Gasteiger partial charge on any atom is 0.228 e. The van der Waals surface area contributed by atoms with Crippen molar-refractivity contribution in [2.45, 2.75) is 38.6 Å². The molecule has 1 aromatic carbocycles. The molecular weight excluding hydrogens is 420 g/mol. The second kappa shape index (κ2) is 11.0. The Morgan fingerprint density at radius 1 is 1.16 bits per heavy atom. The van der Waals surface area contributed by atoms with E-state index in [-0.39, 0.29) is 54.1 Å². The first kappa shape index (κ1) is 23.6. The van der Waals surface area contributed by atoms with Crippen molar-refractivity contribution in [3.8, 4) is 16.9 Å². The summed E-state index contributed by atoms with van der Waals surface area (Å²) in [4.78, 5) is 28.1. The number of benzene rings is 1. The minimum atomic E-state index is -0.630. The molecular formula is C23H27F2N3O4. The lowest BCUT2D eigenvalue weighted by Crippen LogP contribution is -2.40. The molecule has 0 aliphatic heterocycles. The predicted octanol–water partition coefficient (Wildman–Crippen LogP) is 3.69. The highest BCUT2D eigenvalue weighted by atomic mass is 19.1. The normalized spacial score (nSPS) is 18.1. The van der Waals surface area contributed by atoms with Crippen LogP contribution in [0.1, 0.15) is 32.6 Å². The number of nitrogens with one attached hydrogen (secondary N) is 2. The van der Waals surface area contributed by atoms with Crippen LogP contribution >= 0.6 is 0 Å². The molecule has 172 valence electrons. The van der Waals surface area contributed by atoms with Crippen LogP contribution in [0.2, 0.25) is 0 Å². The third kappa shape index (κ3) is 6.23. The highest BCUT2D eigenvalue weighted by Gasteiger charge is 2.28. The van der Waals surface area contributed by atoms with Crippen molar-refractivity contribution in [2.24, 2.45) is 5.92 Å². The molecule has 9 heteroatoms. The molecule has 1 saturated carbocycles. The fourth-order valence-corrected chi connectivity index (χ4v) is 3.86. The summed E-state index contributed by atoms with van der Waals surface area (Å²) in [5.41, 5.74) is 0.462. The highest BCUT2D eigenvalue weighted by molar-refractivity contribution is 5.92. The van der Waals surface area contributed by atoms with Crippen LogP contribution in [0.25, 0.3) is 11.1 Å².